The van der Waals surface area contributed by atoms with Gasteiger partial charge in [-0.05, 0) is 0 Å². The molecular formula is C4H5N4. The molecule has 0 amide bonds. The number of aromatic nitrogens is 3. The number of anilines is 1. The zero-order valence-electron chi connectivity index (χ0n) is 4.20. The molecule has 4 heteroatoms. The van der Waals surface area contributed by atoms with Crippen LogP contribution in [0, 0.1) is 6.54 Å². The van der Waals surface area contributed by atoms with Gasteiger partial charge in [-0.3, -0.25) is 4.57 Å². The van der Waals surface area contributed by atoms with Gasteiger partial charge < -0.3 is 5.32 Å². The van der Waals surface area contributed by atoms with E-state index in [1.54, 1.807) is 6.33 Å². The van der Waals surface area contributed by atoms with Crippen molar-refractivity contribution in [2.24, 2.45) is 0 Å². The van der Waals surface area contributed by atoms with E-state index in [0.717, 1.165) is 12.5 Å². The van der Waals surface area contributed by atoms with Gasteiger partial charge in [-0.25, -0.2) is 0 Å². The van der Waals surface area contributed by atoms with Crippen LogP contribution < -0.4 is 5.32 Å². The molecule has 1 aliphatic rings. The fourth-order valence-corrected chi connectivity index (χ4v) is 0.736. The molecule has 1 aromatic rings. The Kier molecular flexibility index (Phi) is 0.588. The van der Waals surface area contributed by atoms with Gasteiger partial charge in [0.05, 0.1) is 6.54 Å². The van der Waals surface area contributed by atoms with Gasteiger partial charge in [0.2, 0.25) is 5.95 Å². The second-order valence-corrected chi connectivity index (χ2v) is 1.66. The summed E-state index contributed by atoms with van der Waals surface area (Å²) >= 11 is 0. The summed E-state index contributed by atoms with van der Waals surface area (Å²) in [5, 5.41) is 10.4. The summed E-state index contributed by atoms with van der Waals surface area (Å²) in [4.78, 5) is 0. The van der Waals surface area contributed by atoms with Crippen LogP contribution in [0.1, 0.15) is 0 Å². The molecule has 0 aliphatic carbocycles. The molecule has 0 atom stereocenters. The predicted octanol–water partition coefficient (Wildman–Crippen LogP) is -0.135. The lowest BCUT2D eigenvalue weighted by atomic mass is 10.7. The van der Waals surface area contributed by atoms with E-state index in [9.17, 15) is 0 Å². The standard InChI is InChI=1S/C4H5N4/c1-2-8-3-6-7-4(8)5-1/h1,3H,2H2,(H,5,7). The van der Waals surface area contributed by atoms with E-state index >= 15 is 0 Å². The van der Waals surface area contributed by atoms with Crippen LogP contribution in [0.5, 0.6) is 0 Å². The van der Waals surface area contributed by atoms with Gasteiger partial charge in [0.1, 0.15) is 6.33 Å². The highest BCUT2D eigenvalue weighted by atomic mass is 15.4. The van der Waals surface area contributed by atoms with Crippen molar-refractivity contribution in [3.63, 3.8) is 0 Å². The average molecular weight is 109 g/mol. The molecule has 41 valence electrons. The third-order valence-electron chi connectivity index (χ3n) is 1.13. The molecule has 0 unspecified atom stereocenters. The maximum absolute atomic E-state index is 3.77. The van der Waals surface area contributed by atoms with Crippen molar-refractivity contribution in [3.8, 4) is 0 Å². The van der Waals surface area contributed by atoms with E-state index in [-0.39, 0.29) is 0 Å². The second kappa shape index (κ2) is 1.21. The van der Waals surface area contributed by atoms with Gasteiger partial charge in [-0.15, -0.1) is 10.2 Å². The lowest BCUT2D eigenvalue weighted by molar-refractivity contribution is 0.845. The number of nitrogens with one attached hydrogen (secondary N) is 1. The van der Waals surface area contributed by atoms with Gasteiger partial charge >= 0.3 is 0 Å². The molecule has 1 aliphatic heterocycles. The van der Waals surface area contributed by atoms with Crippen molar-refractivity contribution < 1.29 is 0 Å². The minimum absolute atomic E-state index is 0.838. The normalized spacial score (nSPS) is 15.5. The number of hydrogen-bond donors (Lipinski definition) is 1. The minimum Gasteiger partial charge on any atom is -0.348 e. The Hall–Kier alpha value is -1.06. The molecule has 0 aromatic carbocycles. The van der Waals surface area contributed by atoms with Crippen LogP contribution >= 0.6 is 0 Å². The number of fused-ring (bicyclic) bond motifs is 1. The van der Waals surface area contributed by atoms with Crippen LogP contribution in [0.4, 0.5) is 5.95 Å². The smallest absolute Gasteiger partial charge is 0.224 e. The minimum atomic E-state index is 0.838. The van der Waals surface area contributed by atoms with Crippen LogP contribution in [0.25, 0.3) is 0 Å². The molecule has 1 radical (unpaired) electrons. The third kappa shape index (κ3) is 0.344. The molecule has 2 heterocycles. The van der Waals surface area contributed by atoms with E-state index in [4.69, 9.17) is 0 Å². The Morgan fingerprint density at radius 3 is 3.62 bits per heavy atom. The molecule has 8 heavy (non-hydrogen) atoms. The highest BCUT2D eigenvalue weighted by molar-refractivity contribution is 5.30. The molecule has 1 aromatic heterocycles. The summed E-state index contributed by atoms with van der Waals surface area (Å²) < 4.78 is 1.93. The van der Waals surface area contributed by atoms with Crippen molar-refractivity contribution in [2.45, 2.75) is 6.54 Å². The first-order chi connectivity index (χ1) is 3.97. The largest absolute Gasteiger partial charge is 0.348 e. The Morgan fingerprint density at radius 1 is 1.75 bits per heavy atom. The average Bonchev–Trinajstić information content (AvgIpc) is 2.15. The van der Waals surface area contributed by atoms with Gasteiger partial charge in [0.25, 0.3) is 0 Å². The monoisotopic (exact) mass is 109 g/mol. The second-order valence-electron chi connectivity index (χ2n) is 1.66. The van der Waals surface area contributed by atoms with Crippen molar-refractivity contribution >= 4 is 5.95 Å². The lowest BCUT2D eigenvalue weighted by Gasteiger charge is -1.83. The number of rotatable bonds is 0. The molecule has 2 rings (SSSR count). The highest BCUT2D eigenvalue weighted by Crippen LogP contribution is 2.09. The van der Waals surface area contributed by atoms with Crippen LogP contribution in [0.15, 0.2) is 6.33 Å². The van der Waals surface area contributed by atoms with Crippen LogP contribution in [-0.4, -0.2) is 14.8 Å². The first-order valence-corrected chi connectivity index (χ1v) is 2.43. The summed E-state index contributed by atoms with van der Waals surface area (Å²) in [6.45, 7) is 2.81. The first-order valence-electron chi connectivity index (χ1n) is 2.43. The van der Waals surface area contributed by atoms with Gasteiger partial charge in [0.15, 0.2) is 0 Å². The Balaban J connectivity index is 2.54. The zero-order valence-corrected chi connectivity index (χ0v) is 4.20. The third-order valence-corrected chi connectivity index (χ3v) is 1.13. The summed E-state index contributed by atoms with van der Waals surface area (Å²) in [6.07, 6.45) is 1.70. The van der Waals surface area contributed by atoms with Gasteiger partial charge in [-0.2, -0.15) is 0 Å². The van der Waals surface area contributed by atoms with Crippen LogP contribution in [0.2, 0.25) is 0 Å². The van der Waals surface area contributed by atoms with Crippen LogP contribution in [0.3, 0.4) is 0 Å². The van der Waals surface area contributed by atoms with Crippen molar-refractivity contribution in [3.05, 3.63) is 12.9 Å². The SMILES string of the molecule is [CH]1Cn2cnnc2N1. The van der Waals surface area contributed by atoms with E-state index in [0.29, 0.717) is 0 Å². The summed E-state index contributed by atoms with van der Waals surface area (Å²) in [5.41, 5.74) is 0. The van der Waals surface area contributed by atoms with Gasteiger partial charge in [0, 0.05) is 6.54 Å². The molecule has 0 bridgehead atoms. The van der Waals surface area contributed by atoms with E-state index in [1.807, 2.05) is 11.1 Å². The van der Waals surface area contributed by atoms with Crippen molar-refractivity contribution in [2.75, 3.05) is 5.32 Å². The topological polar surface area (TPSA) is 42.7 Å². The summed E-state index contributed by atoms with van der Waals surface area (Å²) in [5.74, 6) is 0.838. The molecular weight excluding hydrogens is 104 g/mol. The quantitative estimate of drug-likeness (QED) is 0.504. The van der Waals surface area contributed by atoms with Gasteiger partial charge in [-0.1, -0.05) is 0 Å². The summed E-state index contributed by atoms with van der Waals surface area (Å²) in [6, 6.07) is 0. The lowest BCUT2D eigenvalue weighted by Crippen LogP contribution is -1.86. The fourth-order valence-electron chi connectivity index (χ4n) is 0.736. The molecule has 0 saturated heterocycles. The fraction of sp³-hybridized carbons (Fsp3) is 0.250. The van der Waals surface area contributed by atoms with E-state index in [2.05, 4.69) is 15.5 Å². The van der Waals surface area contributed by atoms with Crippen molar-refractivity contribution in [1.82, 2.24) is 14.8 Å². The molecule has 4 nitrogen and oxygen atoms in total. The molecule has 1 N–H and O–H groups in total. The molecule has 0 spiro atoms. The van der Waals surface area contributed by atoms with E-state index < -0.39 is 0 Å². The Labute approximate surface area is 46.5 Å². The number of nitrogens with zero attached hydrogens (tertiary/aromatic N) is 3. The number of hydrogen-bond acceptors (Lipinski definition) is 3. The maximum atomic E-state index is 3.77. The molecule has 0 saturated carbocycles. The summed E-state index contributed by atoms with van der Waals surface area (Å²) in [7, 11) is 0. The predicted molar refractivity (Wildman–Crippen MR) is 27.9 cm³/mol. The highest BCUT2D eigenvalue weighted by Gasteiger charge is 2.08. The first kappa shape index (κ1) is 3.88. The Morgan fingerprint density at radius 2 is 2.75 bits per heavy atom. The van der Waals surface area contributed by atoms with E-state index in [1.165, 1.54) is 0 Å². The maximum Gasteiger partial charge on any atom is 0.224 e. The van der Waals surface area contributed by atoms with Crippen molar-refractivity contribution in [1.29, 1.82) is 0 Å². The van der Waals surface area contributed by atoms with Crippen LogP contribution in [-0.2, 0) is 6.54 Å². The molecule has 0 fully saturated rings. The zero-order chi connectivity index (χ0) is 5.40. The Bertz CT molecular complexity index is 173.